The van der Waals surface area contributed by atoms with Gasteiger partial charge in [-0.2, -0.15) is 5.10 Å². The first-order chi connectivity index (χ1) is 17.0. The Morgan fingerprint density at radius 1 is 0.943 bits per heavy atom. The average molecular weight is 490 g/mol. The van der Waals surface area contributed by atoms with Gasteiger partial charge in [0.2, 0.25) is 0 Å². The zero-order valence-corrected chi connectivity index (χ0v) is 19.3. The number of benzene rings is 4. The summed E-state index contributed by atoms with van der Waals surface area (Å²) < 4.78 is 19.1. The van der Waals surface area contributed by atoms with Gasteiger partial charge in [-0.25, -0.2) is 9.82 Å². The van der Waals surface area contributed by atoms with Crippen molar-refractivity contribution in [1.82, 2.24) is 10.7 Å². The average Bonchev–Trinajstić information content (AvgIpc) is 2.87. The fourth-order valence-corrected chi connectivity index (χ4v) is 3.61. The summed E-state index contributed by atoms with van der Waals surface area (Å²) in [6, 6.07) is 24.1. The lowest BCUT2D eigenvalue weighted by molar-refractivity contribution is -0.120. The van der Waals surface area contributed by atoms with Gasteiger partial charge in [-0.05, 0) is 46.7 Å². The molecule has 0 aliphatic rings. The molecular weight excluding hydrogens is 469 g/mol. The van der Waals surface area contributed by atoms with Crippen molar-refractivity contribution in [2.24, 2.45) is 5.10 Å². The molecule has 35 heavy (non-hydrogen) atoms. The first-order valence-corrected chi connectivity index (χ1v) is 11.1. The Balaban J connectivity index is 1.44. The van der Waals surface area contributed by atoms with E-state index in [0.29, 0.717) is 16.3 Å². The molecule has 6 nitrogen and oxygen atoms in total. The number of nitrogens with zero attached hydrogens (tertiary/aromatic N) is 1. The summed E-state index contributed by atoms with van der Waals surface area (Å²) in [5.74, 6) is -0.722. The van der Waals surface area contributed by atoms with Gasteiger partial charge in [0.05, 0.1) is 23.3 Å². The standard InChI is InChI=1S/C27H21ClFN3O3/c28-24-8-4-3-7-22(24)27(34)30-16-26(33)32-31-15-23-21-6-2-1-5-19(21)11-14-25(23)35-17-18-9-12-20(29)13-10-18/h1-15H,16-17H2,(H,30,34)(H,32,33)/b31-15+. The number of halogens is 2. The van der Waals surface area contributed by atoms with Crippen LogP contribution in [-0.2, 0) is 11.4 Å². The highest BCUT2D eigenvalue weighted by Gasteiger charge is 2.11. The molecule has 0 atom stereocenters. The maximum atomic E-state index is 13.2. The maximum Gasteiger partial charge on any atom is 0.259 e. The summed E-state index contributed by atoms with van der Waals surface area (Å²) in [5.41, 5.74) is 4.17. The topological polar surface area (TPSA) is 79.8 Å². The van der Waals surface area contributed by atoms with Gasteiger partial charge in [-0.3, -0.25) is 9.59 Å². The molecule has 0 saturated heterocycles. The van der Waals surface area contributed by atoms with Crippen molar-refractivity contribution in [3.05, 3.63) is 112 Å². The van der Waals surface area contributed by atoms with E-state index in [2.05, 4.69) is 15.8 Å². The van der Waals surface area contributed by atoms with Gasteiger partial charge in [-0.1, -0.05) is 66.2 Å². The van der Waals surface area contributed by atoms with E-state index < -0.39 is 11.8 Å². The van der Waals surface area contributed by atoms with Gasteiger partial charge >= 0.3 is 0 Å². The molecular formula is C27H21ClFN3O3. The summed E-state index contributed by atoms with van der Waals surface area (Å²) in [6.45, 7) is -0.0370. The molecule has 4 aromatic rings. The van der Waals surface area contributed by atoms with Gasteiger partial charge in [-0.15, -0.1) is 0 Å². The number of hydrogen-bond donors (Lipinski definition) is 2. The normalized spacial score (nSPS) is 10.9. The Morgan fingerprint density at radius 2 is 1.69 bits per heavy atom. The molecule has 8 heteroatoms. The summed E-state index contributed by atoms with van der Waals surface area (Å²) in [5, 5.41) is 8.72. The number of hydrogen-bond acceptors (Lipinski definition) is 4. The zero-order valence-electron chi connectivity index (χ0n) is 18.5. The molecule has 0 bridgehead atoms. The molecule has 0 fully saturated rings. The van der Waals surface area contributed by atoms with Crippen molar-refractivity contribution in [2.45, 2.75) is 6.61 Å². The zero-order chi connectivity index (χ0) is 24.6. The van der Waals surface area contributed by atoms with E-state index >= 15 is 0 Å². The van der Waals surface area contributed by atoms with Gasteiger partial charge in [0.25, 0.3) is 11.8 Å². The second-order valence-electron chi connectivity index (χ2n) is 7.57. The highest BCUT2D eigenvalue weighted by molar-refractivity contribution is 6.33. The molecule has 0 heterocycles. The lowest BCUT2D eigenvalue weighted by atomic mass is 10.0. The van der Waals surface area contributed by atoms with Crippen molar-refractivity contribution < 1.29 is 18.7 Å². The molecule has 0 aliphatic carbocycles. The smallest absolute Gasteiger partial charge is 0.259 e. The van der Waals surface area contributed by atoms with Crippen LogP contribution in [0.3, 0.4) is 0 Å². The molecule has 2 amide bonds. The highest BCUT2D eigenvalue weighted by Crippen LogP contribution is 2.27. The van der Waals surface area contributed by atoms with Crippen molar-refractivity contribution in [2.75, 3.05) is 6.54 Å². The number of rotatable bonds is 8. The van der Waals surface area contributed by atoms with E-state index in [4.69, 9.17) is 16.3 Å². The molecule has 0 unspecified atom stereocenters. The molecule has 0 spiro atoms. The summed E-state index contributed by atoms with van der Waals surface area (Å²) >= 11 is 6.01. The predicted molar refractivity (Wildman–Crippen MR) is 134 cm³/mol. The number of nitrogens with one attached hydrogen (secondary N) is 2. The van der Waals surface area contributed by atoms with Crippen molar-refractivity contribution >= 4 is 40.4 Å². The van der Waals surface area contributed by atoms with Gasteiger partial charge in [0.1, 0.15) is 18.2 Å². The van der Waals surface area contributed by atoms with Crippen molar-refractivity contribution in [3.63, 3.8) is 0 Å². The molecule has 2 N–H and O–H groups in total. The summed E-state index contributed by atoms with van der Waals surface area (Å²) in [7, 11) is 0. The number of fused-ring (bicyclic) bond motifs is 1. The minimum atomic E-state index is -0.504. The van der Waals surface area contributed by atoms with Gasteiger partial charge in [0, 0.05) is 5.56 Å². The highest BCUT2D eigenvalue weighted by atomic mass is 35.5. The Labute approximate surface area is 206 Å². The molecule has 0 radical (unpaired) electrons. The SMILES string of the molecule is O=C(CNC(=O)c1ccccc1Cl)N/N=C/c1c(OCc2ccc(F)cc2)ccc2ccccc12. The molecule has 0 saturated carbocycles. The monoisotopic (exact) mass is 489 g/mol. The molecule has 4 rings (SSSR count). The van der Waals surface area contributed by atoms with Crippen LogP contribution in [0.15, 0.2) is 90.0 Å². The van der Waals surface area contributed by atoms with Gasteiger partial charge < -0.3 is 10.1 Å². The lowest BCUT2D eigenvalue weighted by Gasteiger charge is -2.12. The number of hydrazone groups is 1. The maximum absolute atomic E-state index is 13.2. The molecule has 4 aromatic carbocycles. The third kappa shape index (κ3) is 6.22. The van der Waals surface area contributed by atoms with E-state index in [9.17, 15) is 14.0 Å². The minimum Gasteiger partial charge on any atom is -0.488 e. The van der Waals surface area contributed by atoms with Crippen LogP contribution in [0.4, 0.5) is 4.39 Å². The minimum absolute atomic E-state index is 0.236. The molecule has 176 valence electrons. The van der Waals surface area contributed by atoms with Crippen LogP contribution in [0, 0.1) is 5.82 Å². The number of ether oxygens (including phenoxy) is 1. The van der Waals surface area contributed by atoms with Crippen LogP contribution in [0.1, 0.15) is 21.5 Å². The van der Waals surface area contributed by atoms with Gasteiger partial charge in [0.15, 0.2) is 0 Å². The Bertz CT molecular complexity index is 1390. The predicted octanol–water partition coefficient (Wildman–Crippen LogP) is 5.09. The van der Waals surface area contributed by atoms with Crippen LogP contribution in [-0.4, -0.2) is 24.6 Å². The summed E-state index contributed by atoms with van der Waals surface area (Å²) in [6.07, 6.45) is 1.50. The van der Waals surface area contributed by atoms with Crippen LogP contribution in [0.2, 0.25) is 5.02 Å². The molecule has 0 aliphatic heterocycles. The third-order valence-electron chi connectivity index (χ3n) is 5.15. The van der Waals surface area contributed by atoms with Crippen LogP contribution < -0.4 is 15.5 Å². The number of carbonyl (C=O) groups excluding carboxylic acids is 2. The fourth-order valence-electron chi connectivity index (χ4n) is 3.39. The fraction of sp³-hybridized carbons (Fsp3) is 0.0741. The second-order valence-corrected chi connectivity index (χ2v) is 7.98. The first kappa shape index (κ1) is 23.9. The van der Waals surface area contributed by atoms with E-state index in [1.807, 2.05) is 36.4 Å². The quantitative estimate of drug-likeness (QED) is 0.267. The Kier molecular flexibility index (Phi) is 7.70. The first-order valence-electron chi connectivity index (χ1n) is 10.7. The number of amides is 2. The second kappa shape index (κ2) is 11.3. The van der Waals surface area contributed by atoms with Crippen LogP contribution in [0.25, 0.3) is 10.8 Å². The van der Waals surface area contributed by atoms with Crippen molar-refractivity contribution in [1.29, 1.82) is 0 Å². The number of carbonyl (C=O) groups is 2. The van der Waals surface area contributed by atoms with Crippen molar-refractivity contribution in [3.8, 4) is 5.75 Å². The van der Waals surface area contributed by atoms with E-state index in [-0.39, 0.29) is 24.5 Å². The van der Waals surface area contributed by atoms with E-state index in [1.54, 1.807) is 36.4 Å². The van der Waals surface area contributed by atoms with Crippen LogP contribution in [0.5, 0.6) is 5.75 Å². The third-order valence-corrected chi connectivity index (χ3v) is 5.48. The largest absolute Gasteiger partial charge is 0.488 e. The summed E-state index contributed by atoms with van der Waals surface area (Å²) in [4.78, 5) is 24.4. The Hall–Kier alpha value is -4.23. The van der Waals surface area contributed by atoms with E-state index in [1.165, 1.54) is 18.3 Å². The lowest BCUT2D eigenvalue weighted by Crippen LogP contribution is -2.35. The van der Waals surface area contributed by atoms with Crippen LogP contribution >= 0.6 is 11.6 Å². The molecule has 0 aromatic heterocycles. The Morgan fingerprint density at radius 3 is 2.49 bits per heavy atom. The van der Waals surface area contributed by atoms with E-state index in [0.717, 1.165) is 16.3 Å².